The molecule has 0 aliphatic rings. The maximum Gasteiger partial charge on any atom is 0.304 e. The average Bonchev–Trinajstić information content (AvgIpc) is 3.00. The summed E-state index contributed by atoms with van der Waals surface area (Å²) in [6, 6.07) is 22.4. The molecule has 4 aromatic carbocycles. The van der Waals surface area contributed by atoms with Crippen molar-refractivity contribution in [3.63, 3.8) is 0 Å². The van der Waals surface area contributed by atoms with Crippen LogP contribution in [0, 0.1) is 0 Å². The molecular formula is C29H26FN3O8S2. The number of sulfonamides is 2. The number of hydroxylamine groups is 1. The van der Waals surface area contributed by atoms with E-state index in [9.17, 15) is 21.6 Å². The molecule has 43 heavy (non-hydrogen) atoms. The van der Waals surface area contributed by atoms with E-state index in [1.807, 2.05) is 0 Å². The molecule has 0 spiro atoms. The summed E-state index contributed by atoms with van der Waals surface area (Å²) >= 11 is 0. The van der Waals surface area contributed by atoms with Crippen LogP contribution in [0.2, 0.25) is 0 Å². The predicted octanol–water partition coefficient (Wildman–Crippen LogP) is 4.54. The zero-order valence-electron chi connectivity index (χ0n) is 22.7. The monoisotopic (exact) mass is 627 g/mol. The number of amides is 1. The van der Waals surface area contributed by atoms with E-state index >= 15 is 4.39 Å². The van der Waals surface area contributed by atoms with Crippen molar-refractivity contribution in [1.29, 1.82) is 0 Å². The minimum atomic E-state index is -4.06. The van der Waals surface area contributed by atoms with Crippen LogP contribution >= 0.6 is 0 Å². The average molecular weight is 628 g/mol. The summed E-state index contributed by atoms with van der Waals surface area (Å²) in [5.41, 5.74) is 1.07. The van der Waals surface area contributed by atoms with E-state index in [0.29, 0.717) is 11.5 Å². The summed E-state index contributed by atoms with van der Waals surface area (Å²) < 4.78 is 82.2. The van der Waals surface area contributed by atoms with Crippen LogP contribution in [-0.4, -0.2) is 42.2 Å². The highest BCUT2D eigenvalue weighted by atomic mass is 32.2. The van der Waals surface area contributed by atoms with E-state index in [0.717, 1.165) is 0 Å². The number of methoxy groups -OCH3 is 2. The topological polar surface area (TPSA) is 160 Å². The smallest absolute Gasteiger partial charge is 0.304 e. The summed E-state index contributed by atoms with van der Waals surface area (Å²) in [4.78, 5) is 12.0. The fourth-order valence-electron chi connectivity index (χ4n) is 4.00. The molecule has 0 saturated carbocycles. The van der Waals surface area contributed by atoms with Gasteiger partial charge in [0.05, 0.1) is 24.0 Å². The van der Waals surface area contributed by atoms with Crippen molar-refractivity contribution in [3.8, 4) is 11.5 Å². The summed E-state index contributed by atoms with van der Waals surface area (Å²) in [6.07, 6.45) is 0. The molecule has 11 nitrogen and oxygen atoms in total. The Balaban J connectivity index is 1.71. The molecule has 0 radical (unpaired) electrons. The number of ether oxygens (including phenoxy) is 2. The van der Waals surface area contributed by atoms with Gasteiger partial charge in [-0.2, -0.15) is 0 Å². The Morgan fingerprint density at radius 3 is 1.42 bits per heavy atom. The maximum atomic E-state index is 15.5. The second kappa shape index (κ2) is 12.9. The van der Waals surface area contributed by atoms with E-state index in [2.05, 4.69) is 9.44 Å². The number of halogens is 1. The molecule has 4 N–H and O–H groups in total. The van der Waals surface area contributed by atoms with Gasteiger partial charge in [0.1, 0.15) is 11.5 Å². The number of anilines is 2. The van der Waals surface area contributed by atoms with Gasteiger partial charge in [0.2, 0.25) is 0 Å². The number of hydrogen-bond acceptors (Lipinski definition) is 8. The van der Waals surface area contributed by atoms with Gasteiger partial charge in [-0.3, -0.25) is 19.4 Å². The van der Waals surface area contributed by atoms with Crippen LogP contribution in [-0.2, 0) is 24.8 Å². The lowest BCUT2D eigenvalue weighted by molar-refractivity contribution is -0.126. The number of carbonyl (C=O) groups excluding carboxylic acids is 1. The van der Waals surface area contributed by atoms with Gasteiger partial charge in [-0.1, -0.05) is 24.3 Å². The molecular weight excluding hydrogens is 601 g/mol. The lowest BCUT2D eigenvalue weighted by Crippen LogP contribution is -2.20. The Morgan fingerprint density at radius 2 is 1.07 bits per heavy atom. The fourth-order valence-corrected chi connectivity index (χ4v) is 6.10. The van der Waals surface area contributed by atoms with E-state index in [-0.39, 0.29) is 37.9 Å². The number of benzene rings is 4. The van der Waals surface area contributed by atoms with Gasteiger partial charge >= 0.3 is 5.91 Å². The summed E-state index contributed by atoms with van der Waals surface area (Å²) in [6.45, 7) is 0. The third-order valence-electron chi connectivity index (χ3n) is 6.07. The number of carbonyl (C=O) groups is 1. The Morgan fingerprint density at radius 1 is 0.674 bits per heavy atom. The molecule has 0 aromatic heterocycles. The highest BCUT2D eigenvalue weighted by Crippen LogP contribution is 2.32. The van der Waals surface area contributed by atoms with E-state index in [1.54, 1.807) is 0 Å². The minimum absolute atomic E-state index is 0.0411. The molecule has 0 heterocycles. The van der Waals surface area contributed by atoms with Crippen molar-refractivity contribution in [2.75, 3.05) is 23.7 Å². The molecule has 0 atom stereocenters. The summed E-state index contributed by atoms with van der Waals surface area (Å²) in [7, 11) is -5.24. The number of nitrogens with one attached hydrogen (secondary N) is 3. The van der Waals surface area contributed by atoms with Crippen LogP contribution < -0.4 is 24.4 Å². The van der Waals surface area contributed by atoms with Crippen molar-refractivity contribution < 1.29 is 40.7 Å². The molecule has 4 aromatic rings. The largest absolute Gasteiger partial charge is 0.497 e. The highest BCUT2D eigenvalue weighted by Gasteiger charge is 2.22. The molecule has 0 fully saturated rings. The normalized spacial score (nSPS) is 11.3. The standard InChI is InChI=1S/C29H26FN3O8S2/c1-40-23-9-13-25(14-10-23)42(36,37)32-21-7-3-5-19(17-21)27(28(30)29(34)31-35)20-6-4-8-22(18-20)33-43(38,39)26-15-11-24(41-2)12-16-26/h3-18,32-33,35H,1-2H3,(H,31,34). The van der Waals surface area contributed by atoms with Crippen molar-refractivity contribution in [2.45, 2.75) is 9.79 Å². The maximum absolute atomic E-state index is 15.5. The zero-order chi connectivity index (χ0) is 31.2. The van der Waals surface area contributed by atoms with Crippen LogP contribution in [0.4, 0.5) is 15.8 Å². The van der Waals surface area contributed by atoms with Gasteiger partial charge in [0.25, 0.3) is 20.0 Å². The van der Waals surface area contributed by atoms with Crippen molar-refractivity contribution in [2.24, 2.45) is 0 Å². The third-order valence-corrected chi connectivity index (χ3v) is 8.86. The SMILES string of the molecule is COc1ccc(S(=O)(=O)Nc2cccc(C(=C(F)C(=O)NO)c3cccc(NS(=O)(=O)c4ccc(OC)cc4)c3)c2)cc1. The Kier molecular flexibility index (Phi) is 9.34. The van der Waals surface area contributed by atoms with Crippen LogP contribution in [0.3, 0.4) is 0 Å². The Hall–Kier alpha value is -4.92. The van der Waals surface area contributed by atoms with E-state index < -0.39 is 31.8 Å². The first kappa shape index (κ1) is 31.0. The van der Waals surface area contributed by atoms with Crippen molar-refractivity contribution in [1.82, 2.24) is 5.48 Å². The second-order valence-electron chi connectivity index (χ2n) is 8.85. The van der Waals surface area contributed by atoms with E-state index in [1.165, 1.54) is 117 Å². The lowest BCUT2D eigenvalue weighted by atomic mass is 9.96. The van der Waals surface area contributed by atoms with E-state index in [4.69, 9.17) is 14.7 Å². The van der Waals surface area contributed by atoms with Crippen LogP contribution in [0.1, 0.15) is 11.1 Å². The molecule has 224 valence electrons. The molecule has 0 aliphatic carbocycles. The fraction of sp³-hybridized carbons (Fsp3) is 0.0690. The molecule has 0 aliphatic heterocycles. The number of hydrogen-bond donors (Lipinski definition) is 4. The highest BCUT2D eigenvalue weighted by molar-refractivity contribution is 7.93. The molecule has 0 bridgehead atoms. The van der Waals surface area contributed by atoms with Crippen LogP contribution in [0.15, 0.2) is 113 Å². The molecule has 14 heteroatoms. The Labute approximate surface area is 247 Å². The second-order valence-corrected chi connectivity index (χ2v) is 12.2. The van der Waals surface area contributed by atoms with Gasteiger partial charge in [0, 0.05) is 16.9 Å². The molecule has 1 amide bonds. The summed E-state index contributed by atoms with van der Waals surface area (Å²) in [5.74, 6) is -1.96. The number of rotatable bonds is 11. The van der Waals surface area contributed by atoms with Crippen LogP contribution in [0.25, 0.3) is 5.57 Å². The quantitative estimate of drug-likeness (QED) is 0.107. The van der Waals surface area contributed by atoms with Crippen molar-refractivity contribution in [3.05, 3.63) is 114 Å². The lowest BCUT2D eigenvalue weighted by Gasteiger charge is -2.15. The Bertz CT molecular complexity index is 1750. The third kappa shape index (κ3) is 7.30. The summed E-state index contributed by atoms with van der Waals surface area (Å²) in [5, 5.41) is 9.11. The van der Waals surface area contributed by atoms with Gasteiger partial charge in [-0.05, 0) is 83.9 Å². The van der Waals surface area contributed by atoms with Crippen LogP contribution in [0.5, 0.6) is 11.5 Å². The molecule has 0 saturated heterocycles. The minimum Gasteiger partial charge on any atom is -0.497 e. The first-order valence-electron chi connectivity index (χ1n) is 12.4. The van der Waals surface area contributed by atoms with Gasteiger partial charge < -0.3 is 9.47 Å². The van der Waals surface area contributed by atoms with Crippen molar-refractivity contribution >= 4 is 42.9 Å². The predicted molar refractivity (Wildman–Crippen MR) is 158 cm³/mol. The van der Waals surface area contributed by atoms with Gasteiger partial charge in [-0.25, -0.2) is 26.7 Å². The molecule has 4 rings (SSSR count). The van der Waals surface area contributed by atoms with Gasteiger partial charge in [0.15, 0.2) is 5.83 Å². The first-order valence-corrected chi connectivity index (χ1v) is 15.3. The van der Waals surface area contributed by atoms with Gasteiger partial charge in [-0.15, -0.1) is 0 Å². The molecule has 0 unspecified atom stereocenters. The first-order chi connectivity index (χ1) is 20.5. The zero-order valence-corrected chi connectivity index (χ0v) is 24.4.